The maximum absolute atomic E-state index is 12.0. The number of hydrogen-bond donors (Lipinski definition) is 2. The molecule has 0 bridgehead atoms. The molecule has 3 aromatic rings. The molecule has 114 valence electrons. The molecule has 0 aliphatic heterocycles. The predicted octanol–water partition coefficient (Wildman–Crippen LogP) is 2.89. The molecule has 1 heterocycles. The number of fused-ring (bicyclic) bond motifs is 1. The van der Waals surface area contributed by atoms with Crippen molar-refractivity contribution < 1.29 is 10.0 Å². The zero-order valence-electron chi connectivity index (χ0n) is 11.8. The zero-order chi connectivity index (χ0) is 16.4. The first-order valence-corrected chi connectivity index (χ1v) is 6.69. The fourth-order valence-electron chi connectivity index (χ4n) is 2.12. The number of nitrogens with one attached hydrogen (secondary N) is 1. The quantitative estimate of drug-likeness (QED) is 0.439. The normalized spacial score (nSPS) is 11.6. The van der Waals surface area contributed by atoms with E-state index in [1.807, 2.05) is 6.07 Å². The summed E-state index contributed by atoms with van der Waals surface area (Å²) in [6, 6.07) is 12.7. The Morgan fingerprint density at radius 3 is 2.65 bits per heavy atom. The van der Waals surface area contributed by atoms with E-state index >= 15 is 0 Å². The van der Waals surface area contributed by atoms with E-state index in [2.05, 4.69) is 9.97 Å². The molecule has 3 rings (SSSR count). The smallest absolute Gasteiger partial charge is 0.274 e. The minimum Gasteiger partial charge on any atom is -0.507 e. The van der Waals surface area contributed by atoms with Crippen LogP contribution in [0.3, 0.4) is 0 Å². The van der Waals surface area contributed by atoms with Gasteiger partial charge in [-0.1, -0.05) is 30.3 Å². The highest BCUT2D eigenvalue weighted by Gasteiger charge is 2.10. The van der Waals surface area contributed by atoms with Crippen molar-refractivity contribution in [2.45, 2.75) is 0 Å². The number of nitrogens with zero attached hydrogens (tertiary/aromatic N) is 2. The zero-order valence-corrected chi connectivity index (χ0v) is 11.8. The van der Waals surface area contributed by atoms with Gasteiger partial charge in [0.2, 0.25) is 0 Å². The summed E-state index contributed by atoms with van der Waals surface area (Å²) in [5, 5.41) is 20.8. The third kappa shape index (κ3) is 2.93. The Kier molecular flexibility index (Phi) is 3.60. The van der Waals surface area contributed by atoms with Crippen LogP contribution in [-0.4, -0.2) is 20.0 Å². The highest BCUT2D eigenvalue weighted by molar-refractivity contribution is 5.80. The molecule has 0 radical (unpaired) electrons. The number of H-pyrrole nitrogens is 1. The molecule has 7 nitrogen and oxygen atoms in total. The third-order valence-electron chi connectivity index (χ3n) is 3.26. The van der Waals surface area contributed by atoms with Crippen LogP contribution in [0.15, 0.2) is 53.3 Å². The number of benzene rings is 2. The van der Waals surface area contributed by atoms with Gasteiger partial charge in [-0.2, -0.15) is 0 Å². The molecule has 0 spiro atoms. The van der Waals surface area contributed by atoms with E-state index in [-0.39, 0.29) is 22.7 Å². The van der Waals surface area contributed by atoms with Crippen LogP contribution in [-0.2, 0) is 0 Å². The average Bonchev–Trinajstić information content (AvgIpc) is 2.55. The Hall–Kier alpha value is -3.48. The second-order valence-corrected chi connectivity index (χ2v) is 4.81. The van der Waals surface area contributed by atoms with E-state index in [1.54, 1.807) is 24.3 Å². The Morgan fingerprint density at radius 1 is 1.22 bits per heavy atom. The summed E-state index contributed by atoms with van der Waals surface area (Å²) >= 11 is 0. The van der Waals surface area contributed by atoms with Crippen molar-refractivity contribution in [2.75, 3.05) is 0 Å². The molecule has 1 aromatic heterocycles. The molecule has 0 fully saturated rings. The van der Waals surface area contributed by atoms with Crippen LogP contribution in [0.4, 0.5) is 5.69 Å². The van der Waals surface area contributed by atoms with Gasteiger partial charge in [-0.25, -0.2) is 4.98 Å². The Balaban J connectivity index is 2.09. The standard InChI is InChI=1S/C16H11N3O4/c20-15(10-4-2-1-3-5-10)9-14-16(21)18-13-8-11(19(22)23)6-7-12(13)17-14/h1-9,20H,(H,18,21). The summed E-state index contributed by atoms with van der Waals surface area (Å²) in [7, 11) is 0. The van der Waals surface area contributed by atoms with Gasteiger partial charge in [-0.05, 0) is 6.07 Å². The van der Waals surface area contributed by atoms with Crippen LogP contribution in [0.25, 0.3) is 22.9 Å². The third-order valence-corrected chi connectivity index (χ3v) is 3.26. The largest absolute Gasteiger partial charge is 0.507 e. The van der Waals surface area contributed by atoms with E-state index < -0.39 is 10.5 Å². The van der Waals surface area contributed by atoms with Crippen molar-refractivity contribution in [1.82, 2.24) is 9.97 Å². The van der Waals surface area contributed by atoms with Gasteiger partial charge in [-0.3, -0.25) is 14.9 Å². The summed E-state index contributed by atoms with van der Waals surface area (Å²) in [5.41, 5.74) is 0.555. The first-order chi connectivity index (χ1) is 11.0. The molecule has 0 atom stereocenters. The molecule has 0 aliphatic rings. The van der Waals surface area contributed by atoms with Crippen LogP contribution < -0.4 is 5.56 Å². The number of hydrogen-bond acceptors (Lipinski definition) is 5. The minimum atomic E-state index is -0.549. The van der Waals surface area contributed by atoms with E-state index in [4.69, 9.17) is 0 Å². The van der Waals surface area contributed by atoms with Crippen LogP contribution in [0.2, 0.25) is 0 Å². The van der Waals surface area contributed by atoms with E-state index in [0.29, 0.717) is 11.1 Å². The lowest BCUT2D eigenvalue weighted by Gasteiger charge is -2.02. The minimum absolute atomic E-state index is 0.0210. The van der Waals surface area contributed by atoms with Crippen molar-refractivity contribution >= 4 is 28.6 Å². The second kappa shape index (κ2) is 5.72. The van der Waals surface area contributed by atoms with Crippen LogP contribution in [0.1, 0.15) is 11.3 Å². The molecule has 0 aliphatic carbocycles. The molecule has 0 unspecified atom stereocenters. The molecule has 2 N–H and O–H groups in total. The van der Waals surface area contributed by atoms with E-state index in [1.165, 1.54) is 24.3 Å². The van der Waals surface area contributed by atoms with Crippen molar-refractivity contribution in [3.8, 4) is 0 Å². The monoisotopic (exact) mass is 309 g/mol. The summed E-state index contributed by atoms with van der Waals surface area (Å²) < 4.78 is 0. The van der Waals surface area contributed by atoms with Crippen LogP contribution in [0, 0.1) is 10.1 Å². The average molecular weight is 309 g/mol. The number of nitro groups is 1. The lowest BCUT2D eigenvalue weighted by molar-refractivity contribution is -0.384. The van der Waals surface area contributed by atoms with Gasteiger partial charge in [0.05, 0.1) is 16.0 Å². The Morgan fingerprint density at radius 2 is 1.96 bits per heavy atom. The Bertz CT molecular complexity index is 978. The number of aromatic amines is 1. The first-order valence-electron chi connectivity index (χ1n) is 6.69. The molecule has 0 saturated heterocycles. The number of aliphatic hydroxyl groups excluding tert-OH is 1. The predicted molar refractivity (Wildman–Crippen MR) is 86.0 cm³/mol. The fraction of sp³-hybridized carbons (Fsp3) is 0. The molecule has 23 heavy (non-hydrogen) atoms. The van der Waals surface area contributed by atoms with E-state index in [9.17, 15) is 20.0 Å². The summed E-state index contributed by atoms with van der Waals surface area (Å²) in [6.07, 6.45) is 1.26. The van der Waals surface area contributed by atoms with Gasteiger partial charge in [0.15, 0.2) is 0 Å². The summed E-state index contributed by atoms with van der Waals surface area (Å²) in [6.45, 7) is 0. The molecule has 2 aromatic carbocycles. The highest BCUT2D eigenvalue weighted by Crippen LogP contribution is 2.18. The second-order valence-electron chi connectivity index (χ2n) is 4.81. The highest BCUT2D eigenvalue weighted by atomic mass is 16.6. The van der Waals surface area contributed by atoms with E-state index in [0.717, 1.165) is 0 Å². The lowest BCUT2D eigenvalue weighted by Crippen LogP contribution is -2.12. The van der Waals surface area contributed by atoms with Crippen LogP contribution in [0.5, 0.6) is 0 Å². The molecule has 0 amide bonds. The van der Waals surface area contributed by atoms with Gasteiger partial charge >= 0.3 is 0 Å². The summed E-state index contributed by atoms with van der Waals surface area (Å²) in [4.78, 5) is 28.9. The fourth-order valence-corrected chi connectivity index (χ4v) is 2.12. The van der Waals surface area contributed by atoms with Gasteiger partial charge in [0.1, 0.15) is 11.5 Å². The molecule has 0 saturated carbocycles. The van der Waals surface area contributed by atoms with Gasteiger partial charge in [0.25, 0.3) is 11.2 Å². The number of rotatable bonds is 3. The van der Waals surface area contributed by atoms with Crippen molar-refractivity contribution in [2.24, 2.45) is 0 Å². The first kappa shape index (κ1) is 14.5. The number of aromatic nitrogens is 2. The number of nitro benzene ring substituents is 1. The molecular weight excluding hydrogens is 298 g/mol. The van der Waals surface area contributed by atoms with Crippen molar-refractivity contribution in [3.05, 3.63) is 80.3 Å². The maximum atomic E-state index is 12.0. The van der Waals surface area contributed by atoms with Crippen molar-refractivity contribution in [1.29, 1.82) is 0 Å². The molecule has 7 heteroatoms. The van der Waals surface area contributed by atoms with Gasteiger partial charge in [0, 0.05) is 23.8 Å². The topological polar surface area (TPSA) is 109 Å². The number of non-ortho nitro benzene ring substituents is 1. The number of aliphatic hydroxyl groups is 1. The lowest BCUT2D eigenvalue weighted by atomic mass is 10.1. The maximum Gasteiger partial charge on any atom is 0.274 e. The molecular formula is C16H11N3O4. The Labute approximate surface area is 129 Å². The summed E-state index contributed by atoms with van der Waals surface area (Å²) in [5.74, 6) is -0.0927. The SMILES string of the molecule is O=c1[nH]c2cc([N+](=O)[O-])ccc2nc1C=C(O)c1ccccc1. The van der Waals surface area contributed by atoms with Crippen molar-refractivity contribution in [3.63, 3.8) is 0 Å². The van der Waals surface area contributed by atoms with Gasteiger partial charge in [-0.15, -0.1) is 0 Å². The van der Waals surface area contributed by atoms with Crippen LogP contribution >= 0.6 is 0 Å². The van der Waals surface area contributed by atoms with Gasteiger partial charge < -0.3 is 10.1 Å².